The van der Waals surface area contributed by atoms with Gasteiger partial charge in [-0.2, -0.15) is 4.31 Å². The third-order valence-corrected chi connectivity index (χ3v) is 4.01. The van der Waals surface area contributed by atoms with Crippen molar-refractivity contribution in [3.8, 4) is 11.5 Å². The van der Waals surface area contributed by atoms with Gasteiger partial charge in [-0.3, -0.25) is 4.79 Å². The topological polar surface area (TPSA) is 111 Å². The Hall–Kier alpha value is -1.71. The number of fused-ring (bicyclic) bond motifs is 1. The molecule has 1 amide bonds. The van der Waals surface area contributed by atoms with Gasteiger partial charge in [0.15, 0.2) is 11.5 Å². The Morgan fingerprint density at radius 1 is 1.38 bits per heavy atom. The summed E-state index contributed by atoms with van der Waals surface area (Å²) in [5.41, 5.74) is 6.43. The Labute approximate surface area is 128 Å². The van der Waals surface area contributed by atoms with Crippen LogP contribution >= 0.6 is 12.4 Å². The summed E-state index contributed by atoms with van der Waals surface area (Å²) in [4.78, 5) is 11.8. The molecule has 0 radical (unpaired) electrons. The van der Waals surface area contributed by atoms with Crippen molar-refractivity contribution in [3.05, 3.63) is 12.1 Å². The summed E-state index contributed by atoms with van der Waals surface area (Å²) in [6, 6.07) is 3.08. The maximum atomic E-state index is 11.8. The van der Waals surface area contributed by atoms with Gasteiger partial charge in [-0.15, -0.1) is 12.4 Å². The number of benzene rings is 1. The van der Waals surface area contributed by atoms with Crippen LogP contribution in [-0.4, -0.2) is 45.3 Å². The summed E-state index contributed by atoms with van der Waals surface area (Å²) < 4.78 is 33.7. The zero-order valence-corrected chi connectivity index (χ0v) is 13.1. The number of hydrogen-bond acceptors (Lipinski definition) is 6. The summed E-state index contributed by atoms with van der Waals surface area (Å²) in [6.45, 7) is -0.199. The number of nitrogens with zero attached hydrogens (tertiary/aromatic N) is 1. The Morgan fingerprint density at radius 3 is 2.52 bits per heavy atom. The van der Waals surface area contributed by atoms with Crippen molar-refractivity contribution in [2.75, 3.05) is 37.7 Å². The molecular formula is C11H16ClN3O5S. The molecule has 0 saturated carbocycles. The molecule has 118 valence electrons. The average Bonchev–Trinajstić information content (AvgIpc) is 2.75. The first-order valence-corrected chi connectivity index (χ1v) is 7.52. The number of sulfonamides is 1. The number of halogens is 1. The summed E-state index contributed by atoms with van der Waals surface area (Å²) in [6.07, 6.45) is 1.02. The van der Waals surface area contributed by atoms with Crippen molar-refractivity contribution in [2.24, 2.45) is 0 Å². The number of hydrogen-bond donors (Lipinski definition) is 2. The quantitative estimate of drug-likeness (QED) is 0.762. The second-order valence-corrected chi connectivity index (χ2v) is 6.45. The molecule has 1 aromatic carbocycles. The second kappa shape index (κ2) is 6.37. The molecule has 21 heavy (non-hydrogen) atoms. The predicted octanol–water partition coefficient (Wildman–Crippen LogP) is 0.249. The molecule has 0 fully saturated rings. The van der Waals surface area contributed by atoms with Crippen LogP contribution in [0.2, 0.25) is 0 Å². The highest BCUT2D eigenvalue weighted by Gasteiger charge is 2.19. The molecule has 0 aliphatic carbocycles. The fourth-order valence-corrected chi connectivity index (χ4v) is 1.93. The summed E-state index contributed by atoms with van der Waals surface area (Å²) in [5, 5.41) is 2.54. The fraction of sp³-hybridized carbons (Fsp3) is 0.364. The molecule has 0 unspecified atom stereocenters. The lowest BCUT2D eigenvalue weighted by atomic mass is 10.2. The number of amides is 1. The van der Waals surface area contributed by atoms with E-state index in [1.807, 2.05) is 0 Å². The monoisotopic (exact) mass is 337 g/mol. The van der Waals surface area contributed by atoms with Gasteiger partial charge < -0.3 is 20.5 Å². The summed E-state index contributed by atoms with van der Waals surface area (Å²) >= 11 is 0. The van der Waals surface area contributed by atoms with Crippen LogP contribution in [-0.2, 0) is 14.8 Å². The zero-order chi connectivity index (χ0) is 14.9. The van der Waals surface area contributed by atoms with Crippen LogP contribution in [0, 0.1) is 0 Å². The van der Waals surface area contributed by atoms with Crippen molar-refractivity contribution in [1.29, 1.82) is 0 Å². The second-order valence-electron chi connectivity index (χ2n) is 4.36. The smallest absolute Gasteiger partial charge is 0.239 e. The standard InChI is InChI=1S/C11H15N3O5S.ClH/c1-14(20(2,16)17)5-11(15)13-8-4-10-9(3-7(8)12)18-6-19-10;/h3-4H,5-6,12H2,1-2H3,(H,13,15);1H. The number of carbonyl (C=O) groups is 1. The minimum Gasteiger partial charge on any atom is -0.454 e. The minimum atomic E-state index is -3.41. The molecule has 0 bridgehead atoms. The van der Waals surface area contributed by atoms with Crippen LogP contribution in [0.4, 0.5) is 11.4 Å². The summed E-state index contributed by atoms with van der Waals surface area (Å²) in [7, 11) is -2.10. The van der Waals surface area contributed by atoms with E-state index < -0.39 is 15.9 Å². The van der Waals surface area contributed by atoms with Gasteiger partial charge in [0.25, 0.3) is 0 Å². The Morgan fingerprint density at radius 2 is 1.95 bits per heavy atom. The van der Waals surface area contributed by atoms with Gasteiger partial charge in [0, 0.05) is 19.2 Å². The van der Waals surface area contributed by atoms with Crippen LogP contribution in [0.25, 0.3) is 0 Å². The first-order valence-electron chi connectivity index (χ1n) is 5.67. The van der Waals surface area contributed by atoms with E-state index in [1.54, 1.807) is 0 Å². The molecule has 2 rings (SSSR count). The molecule has 0 spiro atoms. The Bertz CT molecular complexity index is 650. The molecule has 3 N–H and O–H groups in total. The molecule has 1 aromatic rings. The van der Waals surface area contributed by atoms with Gasteiger partial charge in [-0.1, -0.05) is 0 Å². The first-order chi connectivity index (χ1) is 9.27. The number of carbonyl (C=O) groups excluding carboxylic acids is 1. The van der Waals surface area contributed by atoms with Gasteiger partial charge in [-0.25, -0.2) is 8.42 Å². The maximum absolute atomic E-state index is 11.8. The van der Waals surface area contributed by atoms with Crippen molar-refractivity contribution < 1.29 is 22.7 Å². The summed E-state index contributed by atoms with van der Waals surface area (Å²) in [5.74, 6) is 0.489. The van der Waals surface area contributed by atoms with Crippen molar-refractivity contribution >= 4 is 39.7 Å². The molecule has 10 heteroatoms. The van der Waals surface area contributed by atoms with Gasteiger partial charge in [-0.05, 0) is 0 Å². The van der Waals surface area contributed by atoms with Crippen LogP contribution in [0.1, 0.15) is 0 Å². The SMILES string of the molecule is CN(CC(=O)Nc1cc2c(cc1N)OCO2)S(C)(=O)=O.Cl. The van der Waals surface area contributed by atoms with E-state index in [-0.39, 0.29) is 25.7 Å². The van der Waals surface area contributed by atoms with Crippen LogP contribution in [0.15, 0.2) is 12.1 Å². The van der Waals surface area contributed by atoms with E-state index in [9.17, 15) is 13.2 Å². The van der Waals surface area contributed by atoms with E-state index in [4.69, 9.17) is 15.2 Å². The van der Waals surface area contributed by atoms with Crippen LogP contribution in [0.3, 0.4) is 0 Å². The van der Waals surface area contributed by atoms with E-state index >= 15 is 0 Å². The third kappa shape index (κ3) is 4.13. The zero-order valence-electron chi connectivity index (χ0n) is 11.5. The van der Waals surface area contributed by atoms with Crippen LogP contribution < -0.4 is 20.5 Å². The van der Waals surface area contributed by atoms with Gasteiger partial charge in [0.2, 0.25) is 22.7 Å². The molecule has 0 atom stereocenters. The van der Waals surface area contributed by atoms with E-state index in [0.717, 1.165) is 10.6 Å². The number of likely N-dealkylation sites (N-methyl/N-ethyl adjacent to an activating group) is 1. The van der Waals surface area contributed by atoms with Gasteiger partial charge >= 0.3 is 0 Å². The molecule has 1 heterocycles. The molecule has 1 aliphatic heterocycles. The highest BCUT2D eigenvalue weighted by molar-refractivity contribution is 7.88. The lowest BCUT2D eigenvalue weighted by molar-refractivity contribution is -0.116. The molecule has 1 aliphatic rings. The maximum Gasteiger partial charge on any atom is 0.239 e. The van der Waals surface area contributed by atoms with E-state index in [1.165, 1.54) is 19.2 Å². The molecular weight excluding hydrogens is 322 g/mol. The highest BCUT2D eigenvalue weighted by atomic mass is 35.5. The minimum absolute atomic E-state index is 0. The number of anilines is 2. The normalized spacial score (nSPS) is 12.9. The largest absolute Gasteiger partial charge is 0.454 e. The van der Waals surface area contributed by atoms with Gasteiger partial charge in [0.05, 0.1) is 24.2 Å². The number of nitrogen functional groups attached to an aromatic ring is 1. The van der Waals surface area contributed by atoms with Crippen LogP contribution in [0.5, 0.6) is 11.5 Å². The molecule has 0 aromatic heterocycles. The molecule has 0 saturated heterocycles. The molecule has 8 nitrogen and oxygen atoms in total. The Balaban J connectivity index is 0.00000220. The average molecular weight is 338 g/mol. The van der Waals surface area contributed by atoms with Crippen molar-refractivity contribution in [3.63, 3.8) is 0 Å². The van der Waals surface area contributed by atoms with Crippen molar-refractivity contribution in [2.45, 2.75) is 0 Å². The number of nitrogens with two attached hydrogens (primary N) is 1. The lowest BCUT2D eigenvalue weighted by Gasteiger charge is -2.14. The lowest BCUT2D eigenvalue weighted by Crippen LogP contribution is -2.34. The number of nitrogens with one attached hydrogen (secondary N) is 1. The number of rotatable bonds is 4. The van der Waals surface area contributed by atoms with E-state index in [0.29, 0.717) is 22.9 Å². The van der Waals surface area contributed by atoms with E-state index in [2.05, 4.69) is 5.32 Å². The number of ether oxygens (including phenoxy) is 2. The van der Waals surface area contributed by atoms with Crippen molar-refractivity contribution in [1.82, 2.24) is 4.31 Å². The fourth-order valence-electron chi connectivity index (χ4n) is 1.58. The third-order valence-electron chi connectivity index (χ3n) is 2.75. The van der Waals surface area contributed by atoms with Gasteiger partial charge in [0.1, 0.15) is 0 Å². The predicted molar refractivity (Wildman–Crippen MR) is 80.3 cm³/mol. The Kier molecular flexibility index (Phi) is 5.26. The highest BCUT2D eigenvalue weighted by Crippen LogP contribution is 2.38. The first kappa shape index (κ1) is 17.3.